The Morgan fingerprint density at radius 3 is 2.74 bits per heavy atom. The number of nitrogens with one attached hydrogen (secondary N) is 1. The van der Waals surface area contributed by atoms with E-state index in [1.165, 1.54) is 0 Å². The van der Waals surface area contributed by atoms with Crippen LogP contribution in [-0.2, 0) is 34.8 Å². The second kappa shape index (κ2) is 7.68. The maximum absolute atomic E-state index is 13.4. The topological polar surface area (TPSA) is 119 Å². The van der Waals surface area contributed by atoms with Crippen LogP contribution >= 0.6 is 0 Å². The molecule has 0 saturated carbocycles. The van der Waals surface area contributed by atoms with Gasteiger partial charge in [-0.15, -0.1) is 0 Å². The normalized spacial score (nSPS) is 18.1. The van der Waals surface area contributed by atoms with Gasteiger partial charge in [0.05, 0.1) is 34.7 Å². The van der Waals surface area contributed by atoms with Gasteiger partial charge in [0.2, 0.25) is 0 Å². The number of aliphatic hydroxyl groups is 1. The first-order chi connectivity index (χ1) is 16.9. The lowest BCUT2D eigenvalue weighted by atomic mass is 9.86. The second-order valence-corrected chi connectivity index (χ2v) is 9.08. The Bertz CT molecular complexity index is 1580. The number of hydrogen-bond donors (Lipinski definition) is 3. The molecule has 0 fully saturated rings. The molecule has 0 unspecified atom stereocenters. The van der Waals surface area contributed by atoms with Crippen molar-refractivity contribution in [2.75, 3.05) is 11.1 Å². The summed E-state index contributed by atoms with van der Waals surface area (Å²) in [4.78, 5) is 30.7. The molecule has 0 radical (unpaired) electrons. The lowest BCUT2D eigenvalue weighted by molar-refractivity contribution is -0.172. The zero-order valence-electron chi connectivity index (χ0n) is 19.2. The first kappa shape index (κ1) is 21.4. The van der Waals surface area contributed by atoms with Gasteiger partial charge in [-0.1, -0.05) is 37.3 Å². The van der Waals surface area contributed by atoms with Gasteiger partial charge >= 0.3 is 5.97 Å². The smallest absolute Gasteiger partial charge is 0.343 e. The van der Waals surface area contributed by atoms with Crippen molar-refractivity contribution in [3.63, 3.8) is 0 Å². The largest absolute Gasteiger partial charge is 0.458 e. The third kappa shape index (κ3) is 3.21. The highest BCUT2D eigenvalue weighted by molar-refractivity contribution is 5.96. The Hall–Kier alpha value is -4.17. The summed E-state index contributed by atoms with van der Waals surface area (Å²) in [7, 11) is 0. The van der Waals surface area contributed by atoms with Gasteiger partial charge in [0.1, 0.15) is 6.61 Å². The molecule has 0 saturated heterocycles. The molecule has 6 rings (SSSR count). The molecule has 4 heterocycles. The van der Waals surface area contributed by atoms with Crippen LogP contribution in [0.1, 0.15) is 35.6 Å². The van der Waals surface area contributed by atoms with Crippen LogP contribution in [0.4, 0.5) is 11.4 Å². The maximum Gasteiger partial charge on any atom is 0.343 e. The average Bonchev–Trinajstić information content (AvgIpc) is 3.22. The van der Waals surface area contributed by atoms with E-state index in [2.05, 4.69) is 5.32 Å². The van der Waals surface area contributed by atoms with Gasteiger partial charge in [0.25, 0.3) is 5.56 Å². The molecule has 176 valence electrons. The van der Waals surface area contributed by atoms with Crippen molar-refractivity contribution in [1.82, 2.24) is 9.55 Å². The van der Waals surface area contributed by atoms with Crippen LogP contribution in [0.15, 0.2) is 59.4 Å². The molecule has 2 aromatic heterocycles. The minimum Gasteiger partial charge on any atom is -0.458 e. The fraction of sp³-hybridized carbons (Fsp3) is 0.222. The number of carbonyl (C=O) groups excluding carboxylic acids is 1. The summed E-state index contributed by atoms with van der Waals surface area (Å²) >= 11 is 0. The minimum atomic E-state index is -1.85. The highest BCUT2D eigenvalue weighted by atomic mass is 16.6. The van der Waals surface area contributed by atoms with E-state index in [9.17, 15) is 14.7 Å². The molecule has 1 atom stereocenters. The molecule has 0 bridgehead atoms. The highest BCUT2D eigenvalue weighted by Crippen LogP contribution is 2.39. The van der Waals surface area contributed by atoms with Gasteiger partial charge in [0, 0.05) is 28.7 Å². The van der Waals surface area contributed by atoms with Gasteiger partial charge in [0.15, 0.2) is 5.60 Å². The molecule has 2 aliphatic rings. The predicted molar refractivity (Wildman–Crippen MR) is 133 cm³/mol. The number of benzene rings is 2. The first-order valence-electron chi connectivity index (χ1n) is 11.6. The zero-order chi connectivity index (χ0) is 24.3. The van der Waals surface area contributed by atoms with E-state index in [-0.39, 0.29) is 18.6 Å². The number of anilines is 2. The molecule has 35 heavy (non-hydrogen) atoms. The van der Waals surface area contributed by atoms with Gasteiger partial charge in [-0.05, 0) is 36.2 Å². The van der Waals surface area contributed by atoms with Crippen molar-refractivity contribution in [3.8, 4) is 11.4 Å². The third-order valence-electron chi connectivity index (χ3n) is 6.96. The molecule has 4 N–H and O–H groups in total. The van der Waals surface area contributed by atoms with Gasteiger partial charge in [-0.2, -0.15) is 0 Å². The summed E-state index contributed by atoms with van der Waals surface area (Å²) in [6.45, 7) is 2.49. The van der Waals surface area contributed by atoms with Crippen LogP contribution in [0.2, 0.25) is 0 Å². The molecule has 2 aromatic carbocycles. The second-order valence-electron chi connectivity index (χ2n) is 9.08. The molecule has 2 aliphatic heterocycles. The van der Waals surface area contributed by atoms with E-state index in [0.717, 1.165) is 27.7 Å². The molecule has 8 nitrogen and oxygen atoms in total. The number of hydrogen-bond acceptors (Lipinski definition) is 7. The van der Waals surface area contributed by atoms with Crippen molar-refractivity contribution < 1.29 is 14.6 Å². The third-order valence-corrected chi connectivity index (χ3v) is 6.96. The van der Waals surface area contributed by atoms with Gasteiger partial charge in [-0.3, -0.25) is 4.79 Å². The Morgan fingerprint density at radius 2 is 1.97 bits per heavy atom. The number of ether oxygens (including phenoxy) is 1. The van der Waals surface area contributed by atoms with E-state index in [1.807, 2.05) is 48.5 Å². The van der Waals surface area contributed by atoms with Gasteiger partial charge < -0.3 is 25.5 Å². The molecule has 4 aromatic rings. The number of carbonyl (C=O) groups is 1. The number of pyridine rings is 2. The predicted octanol–water partition coefficient (Wildman–Crippen LogP) is 3.27. The summed E-state index contributed by atoms with van der Waals surface area (Å²) in [6, 6.07) is 17.5. The number of nitrogens with two attached hydrogens (primary N) is 1. The number of aromatic nitrogens is 2. The summed E-state index contributed by atoms with van der Waals surface area (Å²) in [5, 5.41) is 15.4. The molecule has 8 heteroatoms. The van der Waals surface area contributed by atoms with Crippen LogP contribution in [0, 0.1) is 0 Å². The SMILES string of the molecule is CC[C@@]1(O)C(=O)OCc2c1cc1n(c2=O)Cc2cc3cc(N)cc(NCc4ccccc4)c3nc2-1. The van der Waals surface area contributed by atoms with E-state index in [0.29, 0.717) is 41.3 Å². The molecular weight excluding hydrogens is 444 g/mol. The lowest BCUT2D eigenvalue weighted by Crippen LogP contribution is -2.44. The van der Waals surface area contributed by atoms with Crippen LogP contribution in [0.5, 0.6) is 0 Å². The van der Waals surface area contributed by atoms with Crippen molar-refractivity contribution >= 4 is 28.2 Å². The molecule has 0 spiro atoms. The fourth-order valence-electron chi connectivity index (χ4n) is 5.05. The van der Waals surface area contributed by atoms with E-state index in [1.54, 1.807) is 17.6 Å². The number of fused-ring (bicyclic) bond motifs is 5. The summed E-state index contributed by atoms with van der Waals surface area (Å²) in [5.41, 5.74) is 10.1. The Labute approximate surface area is 201 Å². The van der Waals surface area contributed by atoms with Crippen LogP contribution in [0.25, 0.3) is 22.3 Å². The monoisotopic (exact) mass is 468 g/mol. The Balaban J connectivity index is 1.50. The Kier molecular flexibility index (Phi) is 4.69. The van der Waals surface area contributed by atoms with Crippen molar-refractivity contribution in [3.05, 3.63) is 87.2 Å². The molecule has 0 aliphatic carbocycles. The number of cyclic esters (lactones) is 1. The summed E-state index contributed by atoms with van der Waals surface area (Å²) in [6.07, 6.45) is 0.104. The molecular formula is C27H24N4O4. The number of nitrogen functional groups attached to an aromatic ring is 1. The van der Waals surface area contributed by atoms with E-state index in [4.69, 9.17) is 15.5 Å². The summed E-state index contributed by atoms with van der Waals surface area (Å²) in [5.74, 6) is -0.732. The van der Waals surface area contributed by atoms with Crippen molar-refractivity contribution in [1.29, 1.82) is 0 Å². The first-order valence-corrected chi connectivity index (χ1v) is 11.6. The average molecular weight is 469 g/mol. The van der Waals surface area contributed by atoms with E-state index < -0.39 is 11.6 Å². The van der Waals surface area contributed by atoms with E-state index >= 15 is 0 Å². The minimum absolute atomic E-state index is 0.104. The Morgan fingerprint density at radius 1 is 1.17 bits per heavy atom. The lowest BCUT2D eigenvalue weighted by Gasteiger charge is -2.31. The summed E-state index contributed by atoms with van der Waals surface area (Å²) < 4.78 is 6.77. The fourth-order valence-corrected chi connectivity index (χ4v) is 5.05. The highest BCUT2D eigenvalue weighted by Gasteiger charge is 2.45. The van der Waals surface area contributed by atoms with Crippen molar-refractivity contribution in [2.24, 2.45) is 0 Å². The van der Waals surface area contributed by atoms with Gasteiger partial charge in [-0.25, -0.2) is 9.78 Å². The number of rotatable bonds is 4. The standard InChI is InChI=1S/C27H24N4O4/c1-2-27(34)20-11-22-24-17(13-31(22)25(32)19(20)14-35-26(27)33)8-16-9-18(28)10-21(23(16)30-24)29-12-15-6-4-3-5-7-15/h3-11,29,34H,2,12-14,28H2,1H3/t27-/m0/s1. The van der Waals surface area contributed by atoms with Crippen molar-refractivity contribution in [2.45, 2.75) is 38.6 Å². The van der Waals surface area contributed by atoms with Crippen LogP contribution < -0.4 is 16.6 Å². The zero-order valence-corrected chi connectivity index (χ0v) is 19.2. The molecule has 0 amide bonds. The van der Waals surface area contributed by atoms with Crippen LogP contribution in [-0.4, -0.2) is 20.6 Å². The number of nitrogens with zero attached hydrogens (tertiary/aromatic N) is 2. The maximum atomic E-state index is 13.4. The van der Waals surface area contributed by atoms with Crippen LogP contribution in [0.3, 0.4) is 0 Å². The number of esters is 1. The quantitative estimate of drug-likeness (QED) is 0.274.